The van der Waals surface area contributed by atoms with E-state index in [0.717, 1.165) is 17.3 Å². The van der Waals surface area contributed by atoms with Crippen molar-refractivity contribution in [2.75, 3.05) is 25.7 Å². The lowest BCUT2D eigenvalue weighted by molar-refractivity contribution is -0.135. The van der Waals surface area contributed by atoms with Crippen LogP contribution in [-0.4, -0.2) is 37.6 Å². The molecule has 0 aliphatic carbocycles. The number of carbonyl (C=O) groups is 2. The van der Waals surface area contributed by atoms with Crippen molar-refractivity contribution in [1.29, 1.82) is 0 Å². The van der Waals surface area contributed by atoms with E-state index in [4.69, 9.17) is 9.47 Å². The highest BCUT2D eigenvalue weighted by Gasteiger charge is 2.51. The number of aliphatic hydroxyl groups is 1. The van der Waals surface area contributed by atoms with Crippen LogP contribution in [0, 0.1) is 0 Å². The molecule has 0 spiro atoms. The van der Waals surface area contributed by atoms with Crippen molar-refractivity contribution in [1.82, 2.24) is 0 Å². The monoisotopic (exact) mass is 461 g/mol. The Kier molecular flexibility index (Phi) is 6.29. The van der Waals surface area contributed by atoms with Crippen LogP contribution < -0.4 is 14.4 Å². The summed E-state index contributed by atoms with van der Waals surface area (Å²) >= 11 is 3.40. The van der Waals surface area contributed by atoms with Gasteiger partial charge in [-0.2, -0.15) is 0 Å². The van der Waals surface area contributed by atoms with E-state index in [0.29, 0.717) is 29.3 Å². The molecule has 2 aromatic rings. The zero-order valence-electron chi connectivity index (χ0n) is 16.7. The average molecular weight is 462 g/mol. The molecule has 0 radical (unpaired) electrons. The Bertz CT molecular complexity index is 945. The molecule has 0 unspecified atom stereocenters. The first kappa shape index (κ1) is 21.3. The minimum Gasteiger partial charge on any atom is -0.497 e. The van der Waals surface area contributed by atoms with Gasteiger partial charge >= 0.3 is 0 Å². The average Bonchev–Trinajstić information content (AvgIpc) is 2.92. The number of methoxy groups -OCH3 is 2. The smallest absolute Gasteiger partial charge is 0.264 e. The van der Waals surface area contributed by atoms with Crippen molar-refractivity contribution < 1.29 is 24.2 Å². The Morgan fingerprint density at radius 3 is 2.59 bits per heavy atom. The molecule has 7 heteroatoms. The van der Waals surface area contributed by atoms with Crippen LogP contribution in [0.25, 0.3) is 0 Å². The minimum atomic E-state index is -1.93. The number of unbranched alkanes of at least 4 members (excludes halogenated alkanes) is 1. The summed E-state index contributed by atoms with van der Waals surface area (Å²) in [6.45, 7) is 2.52. The van der Waals surface area contributed by atoms with Crippen LogP contribution in [0.1, 0.15) is 42.1 Å². The number of Topliss-reactive ketones (excluding diaryl/α,β-unsaturated/α-hetero) is 1. The highest BCUT2D eigenvalue weighted by molar-refractivity contribution is 9.10. The number of hydrogen-bond donors (Lipinski definition) is 1. The summed E-state index contributed by atoms with van der Waals surface area (Å²) in [7, 11) is 2.97. The van der Waals surface area contributed by atoms with Crippen LogP contribution in [0.3, 0.4) is 0 Å². The summed E-state index contributed by atoms with van der Waals surface area (Å²) in [5.41, 5.74) is -0.600. The normalized spacial score (nSPS) is 18.0. The molecule has 1 amide bonds. The molecule has 0 saturated heterocycles. The number of amides is 1. The van der Waals surface area contributed by atoms with Gasteiger partial charge in [0.05, 0.1) is 31.9 Å². The molecule has 0 bridgehead atoms. The molecular formula is C22H24BrNO5. The number of anilines is 1. The van der Waals surface area contributed by atoms with Crippen LogP contribution in [0.15, 0.2) is 40.9 Å². The van der Waals surface area contributed by atoms with E-state index in [1.165, 1.54) is 14.2 Å². The van der Waals surface area contributed by atoms with Gasteiger partial charge in [-0.3, -0.25) is 9.59 Å². The van der Waals surface area contributed by atoms with Crippen LogP contribution in [0.5, 0.6) is 11.5 Å². The van der Waals surface area contributed by atoms with E-state index in [2.05, 4.69) is 15.9 Å². The second-order valence-electron chi connectivity index (χ2n) is 7.00. The molecule has 2 aromatic carbocycles. The minimum absolute atomic E-state index is 0.261. The number of hydrogen-bond acceptors (Lipinski definition) is 5. The number of ether oxygens (including phenoxy) is 2. The van der Waals surface area contributed by atoms with Crippen LogP contribution >= 0.6 is 15.9 Å². The summed E-state index contributed by atoms with van der Waals surface area (Å²) in [6.07, 6.45) is 1.32. The lowest BCUT2D eigenvalue weighted by atomic mass is 9.88. The number of halogens is 1. The first-order chi connectivity index (χ1) is 13.8. The molecule has 1 atom stereocenters. The van der Waals surface area contributed by atoms with E-state index in [9.17, 15) is 14.7 Å². The highest BCUT2D eigenvalue weighted by atomic mass is 79.9. The van der Waals surface area contributed by atoms with Gasteiger partial charge in [0.1, 0.15) is 11.5 Å². The third-order valence-electron chi connectivity index (χ3n) is 5.15. The highest BCUT2D eigenvalue weighted by Crippen LogP contribution is 2.44. The predicted molar refractivity (Wildman–Crippen MR) is 114 cm³/mol. The zero-order chi connectivity index (χ0) is 21.2. The lowest BCUT2D eigenvalue weighted by Gasteiger charge is -2.23. The summed E-state index contributed by atoms with van der Waals surface area (Å²) < 4.78 is 11.2. The molecule has 1 aliphatic rings. The van der Waals surface area contributed by atoms with Crippen molar-refractivity contribution in [2.45, 2.75) is 31.8 Å². The van der Waals surface area contributed by atoms with Gasteiger partial charge in [-0.1, -0.05) is 29.3 Å². The van der Waals surface area contributed by atoms with E-state index < -0.39 is 17.3 Å². The molecule has 29 heavy (non-hydrogen) atoms. The van der Waals surface area contributed by atoms with Gasteiger partial charge in [0.15, 0.2) is 11.4 Å². The molecule has 154 valence electrons. The van der Waals surface area contributed by atoms with Crippen molar-refractivity contribution in [3.63, 3.8) is 0 Å². The first-order valence-corrected chi connectivity index (χ1v) is 10.2. The molecule has 3 rings (SSSR count). The van der Waals surface area contributed by atoms with E-state index >= 15 is 0 Å². The van der Waals surface area contributed by atoms with Crippen molar-refractivity contribution in [3.05, 3.63) is 52.0 Å². The second kappa shape index (κ2) is 8.55. The van der Waals surface area contributed by atoms with E-state index in [-0.39, 0.29) is 12.0 Å². The van der Waals surface area contributed by atoms with Gasteiger partial charge in [-0.15, -0.1) is 0 Å². The number of rotatable bonds is 8. The quantitative estimate of drug-likeness (QED) is 0.599. The van der Waals surface area contributed by atoms with Gasteiger partial charge in [0.2, 0.25) is 0 Å². The fourth-order valence-corrected chi connectivity index (χ4v) is 3.95. The topological polar surface area (TPSA) is 76.1 Å². The van der Waals surface area contributed by atoms with E-state index in [1.807, 2.05) is 13.0 Å². The van der Waals surface area contributed by atoms with Gasteiger partial charge in [-0.05, 0) is 42.8 Å². The van der Waals surface area contributed by atoms with Gasteiger partial charge in [-0.25, -0.2) is 0 Å². The van der Waals surface area contributed by atoms with Crippen molar-refractivity contribution >= 4 is 33.3 Å². The Balaban J connectivity index is 2.01. The molecule has 0 saturated carbocycles. The van der Waals surface area contributed by atoms with Crippen LogP contribution in [-0.2, 0) is 10.4 Å². The molecular weight excluding hydrogens is 438 g/mol. The first-order valence-electron chi connectivity index (χ1n) is 9.45. The van der Waals surface area contributed by atoms with Gasteiger partial charge in [0.25, 0.3) is 5.91 Å². The van der Waals surface area contributed by atoms with Gasteiger partial charge in [0, 0.05) is 16.6 Å². The molecule has 1 aliphatic heterocycles. The summed E-state index contributed by atoms with van der Waals surface area (Å²) in [4.78, 5) is 27.9. The summed E-state index contributed by atoms with van der Waals surface area (Å²) in [6, 6.07) is 10.2. The summed E-state index contributed by atoms with van der Waals surface area (Å²) in [5, 5.41) is 11.4. The fourth-order valence-electron chi connectivity index (χ4n) is 3.59. The third kappa shape index (κ3) is 3.89. The zero-order valence-corrected chi connectivity index (χ0v) is 18.3. The second-order valence-corrected chi connectivity index (χ2v) is 7.91. The van der Waals surface area contributed by atoms with Crippen LogP contribution in [0.4, 0.5) is 5.69 Å². The van der Waals surface area contributed by atoms with Crippen LogP contribution in [0.2, 0.25) is 0 Å². The third-order valence-corrected chi connectivity index (χ3v) is 5.65. The summed E-state index contributed by atoms with van der Waals surface area (Å²) in [5.74, 6) is -0.0251. The Morgan fingerprint density at radius 1 is 1.17 bits per heavy atom. The number of ketones is 1. The number of benzene rings is 2. The Hall–Kier alpha value is -2.38. The van der Waals surface area contributed by atoms with E-state index in [1.54, 1.807) is 35.2 Å². The number of fused-ring (bicyclic) bond motifs is 1. The number of carbonyl (C=O) groups excluding carboxylic acids is 2. The van der Waals surface area contributed by atoms with Crippen molar-refractivity contribution in [3.8, 4) is 11.5 Å². The molecule has 6 nitrogen and oxygen atoms in total. The fraction of sp³-hybridized carbons (Fsp3) is 0.364. The molecule has 0 aromatic heterocycles. The SMILES string of the molecule is CCCCN1C(=O)[C@@](O)(CC(=O)c2cc(OC)ccc2OC)c2cc(Br)ccc21. The standard InChI is InChI=1S/C22H24BrNO5/c1-4-5-10-24-18-8-6-14(23)11-17(18)22(27,21(24)26)13-19(25)16-12-15(28-2)7-9-20(16)29-3/h6-9,11-12,27H,4-5,10,13H2,1-3H3/t22-/m1/s1. The maximum atomic E-state index is 13.2. The Labute approximate surface area is 178 Å². The predicted octanol–water partition coefficient (Wildman–Crippen LogP) is 4.07. The molecule has 0 fully saturated rings. The maximum Gasteiger partial charge on any atom is 0.264 e. The van der Waals surface area contributed by atoms with Gasteiger partial charge < -0.3 is 19.5 Å². The lowest BCUT2D eigenvalue weighted by Crippen LogP contribution is -2.42. The Morgan fingerprint density at radius 2 is 1.93 bits per heavy atom. The number of nitrogens with zero attached hydrogens (tertiary/aromatic N) is 1. The largest absolute Gasteiger partial charge is 0.497 e. The maximum absolute atomic E-state index is 13.2. The molecule has 1 N–H and O–H groups in total. The van der Waals surface area contributed by atoms with Crippen molar-refractivity contribution in [2.24, 2.45) is 0 Å². The molecule has 1 heterocycles.